The number of hydrogen-bond donors (Lipinski definition) is 3. The average molecular weight is 450 g/mol. The number of aryl methyl sites for hydroxylation is 2. The van der Waals surface area contributed by atoms with E-state index in [-0.39, 0.29) is 17.0 Å². The van der Waals surface area contributed by atoms with Crippen molar-refractivity contribution in [2.75, 3.05) is 0 Å². The molecule has 0 fully saturated rings. The molecule has 0 saturated carbocycles. The molecule has 0 saturated heterocycles. The molecule has 1 heterocycles. The molecule has 5 nitrogen and oxygen atoms in total. The quantitative estimate of drug-likeness (QED) is 0.517. The normalized spacial score (nSPS) is 12.0. The molecule has 3 aromatic rings. The number of pyridine rings is 1. The molecule has 33 heavy (non-hydrogen) atoms. The molecule has 0 radical (unpaired) electrons. The molecule has 0 bridgehead atoms. The minimum atomic E-state index is -1.21. The molecule has 0 spiro atoms. The second kappa shape index (κ2) is 9.39. The number of carbonyl (C=O) groups excluding carboxylic acids is 1. The molecule has 0 aliphatic rings. The van der Waals surface area contributed by atoms with Crippen LogP contribution in [-0.4, -0.2) is 26.7 Å². The Balaban J connectivity index is 2.03. The van der Waals surface area contributed by atoms with Gasteiger partial charge in [0.15, 0.2) is 0 Å². The summed E-state index contributed by atoms with van der Waals surface area (Å²) >= 11 is 0. The Kier molecular flexibility index (Phi) is 6.80. The van der Waals surface area contributed by atoms with E-state index in [1.165, 1.54) is 24.3 Å². The molecule has 1 amide bonds. The number of carbonyl (C=O) groups is 1. The van der Waals surface area contributed by atoms with Crippen LogP contribution in [0.5, 0.6) is 5.75 Å². The van der Waals surface area contributed by atoms with E-state index in [1.54, 1.807) is 39.8 Å². The van der Waals surface area contributed by atoms with Gasteiger partial charge < -0.3 is 15.5 Å². The maximum Gasteiger partial charge on any atom is 0.270 e. The number of aromatic hydroxyl groups is 1. The van der Waals surface area contributed by atoms with Crippen LogP contribution in [0.2, 0.25) is 0 Å². The van der Waals surface area contributed by atoms with Crippen LogP contribution < -0.4 is 5.32 Å². The van der Waals surface area contributed by atoms with E-state index in [9.17, 15) is 23.8 Å². The van der Waals surface area contributed by atoms with Crippen molar-refractivity contribution in [2.45, 2.75) is 39.3 Å². The van der Waals surface area contributed by atoms with Gasteiger partial charge in [0.1, 0.15) is 28.7 Å². The van der Waals surface area contributed by atoms with Crippen LogP contribution in [0, 0.1) is 37.3 Å². The Morgan fingerprint density at radius 2 is 1.82 bits per heavy atom. The Hall–Kier alpha value is -3.76. The van der Waals surface area contributed by atoms with Crippen molar-refractivity contribution in [3.63, 3.8) is 0 Å². The molecule has 3 rings (SSSR count). The first-order chi connectivity index (χ1) is 15.4. The van der Waals surface area contributed by atoms with E-state index in [0.717, 1.165) is 12.1 Å². The summed E-state index contributed by atoms with van der Waals surface area (Å²) in [7, 11) is 0. The van der Waals surface area contributed by atoms with Crippen LogP contribution in [-0.2, 0) is 0 Å². The topological polar surface area (TPSA) is 82.5 Å². The minimum Gasteiger partial charge on any atom is -0.508 e. The molecule has 0 aliphatic heterocycles. The molecule has 7 heteroatoms. The first-order valence-electron chi connectivity index (χ1n) is 10.2. The number of phenolic OH excluding ortho intramolecular Hbond substituents is 1. The summed E-state index contributed by atoms with van der Waals surface area (Å²) in [5.74, 6) is 3.49. The fourth-order valence-electron chi connectivity index (χ4n) is 3.17. The Bertz CT molecular complexity index is 1270. The van der Waals surface area contributed by atoms with Crippen molar-refractivity contribution in [2.24, 2.45) is 0 Å². The number of amides is 1. The van der Waals surface area contributed by atoms with E-state index >= 15 is 0 Å². The van der Waals surface area contributed by atoms with Gasteiger partial charge in [0.25, 0.3) is 5.91 Å². The van der Waals surface area contributed by atoms with Gasteiger partial charge in [-0.05, 0) is 75.2 Å². The minimum absolute atomic E-state index is 0.0310. The van der Waals surface area contributed by atoms with Crippen LogP contribution in [0.4, 0.5) is 8.78 Å². The van der Waals surface area contributed by atoms with E-state index < -0.39 is 29.2 Å². The van der Waals surface area contributed by atoms with Gasteiger partial charge in [0, 0.05) is 16.8 Å². The van der Waals surface area contributed by atoms with Crippen LogP contribution in [0.3, 0.4) is 0 Å². The number of aliphatic hydroxyl groups is 1. The van der Waals surface area contributed by atoms with Gasteiger partial charge in [-0.1, -0.05) is 24.0 Å². The van der Waals surface area contributed by atoms with E-state index in [1.807, 2.05) is 0 Å². The number of aromatic nitrogens is 1. The highest BCUT2D eigenvalue weighted by atomic mass is 19.1. The van der Waals surface area contributed by atoms with Crippen molar-refractivity contribution < 1.29 is 23.8 Å². The molecule has 2 aromatic carbocycles. The third kappa shape index (κ3) is 6.15. The van der Waals surface area contributed by atoms with Crippen LogP contribution in [0.1, 0.15) is 58.3 Å². The third-order valence-electron chi connectivity index (χ3n) is 4.80. The summed E-state index contributed by atoms with van der Waals surface area (Å²) < 4.78 is 28.3. The number of hydrogen-bond acceptors (Lipinski definition) is 4. The van der Waals surface area contributed by atoms with E-state index in [4.69, 9.17) is 0 Å². The summed E-state index contributed by atoms with van der Waals surface area (Å²) in [5, 5.41) is 22.9. The largest absolute Gasteiger partial charge is 0.508 e. The molecule has 1 aromatic heterocycles. The highest BCUT2D eigenvalue weighted by molar-refractivity contribution is 5.93. The van der Waals surface area contributed by atoms with E-state index in [0.29, 0.717) is 22.4 Å². The number of nitrogens with one attached hydrogen (secondary N) is 1. The standard InChI is InChI=1S/C26H24F2N2O3/c1-15-5-6-18(13-21(15)28)24(20-14-19(27)7-8-23(20)31)30-25(32)22-12-17(11-16(2)29-22)9-10-26(3,4)33/h5-8,11-14,24,31,33H,1-4H3,(H,30,32). The van der Waals surface area contributed by atoms with Gasteiger partial charge in [0.2, 0.25) is 0 Å². The van der Waals surface area contributed by atoms with Gasteiger partial charge in [0.05, 0.1) is 6.04 Å². The first-order valence-corrected chi connectivity index (χ1v) is 10.2. The molecule has 1 atom stereocenters. The lowest BCUT2D eigenvalue weighted by Gasteiger charge is -2.21. The van der Waals surface area contributed by atoms with Gasteiger partial charge in [-0.2, -0.15) is 0 Å². The second-order valence-corrected chi connectivity index (χ2v) is 8.31. The third-order valence-corrected chi connectivity index (χ3v) is 4.80. The number of rotatable bonds is 4. The first kappa shape index (κ1) is 23.9. The van der Waals surface area contributed by atoms with Gasteiger partial charge >= 0.3 is 0 Å². The summed E-state index contributed by atoms with van der Waals surface area (Å²) in [4.78, 5) is 17.4. The van der Waals surface area contributed by atoms with Gasteiger partial charge in [-0.3, -0.25) is 4.79 Å². The zero-order chi connectivity index (χ0) is 24.3. The lowest BCUT2D eigenvalue weighted by atomic mass is 9.96. The zero-order valence-electron chi connectivity index (χ0n) is 18.7. The van der Waals surface area contributed by atoms with Crippen LogP contribution in [0.15, 0.2) is 48.5 Å². The Labute approximate surface area is 191 Å². The maximum atomic E-state index is 14.3. The molecular weight excluding hydrogens is 426 g/mol. The number of halogens is 2. The molecule has 3 N–H and O–H groups in total. The highest BCUT2D eigenvalue weighted by Crippen LogP contribution is 2.31. The number of phenols is 1. The number of nitrogens with zero attached hydrogens (tertiary/aromatic N) is 1. The predicted molar refractivity (Wildman–Crippen MR) is 121 cm³/mol. The molecule has 170 valence electrons. The summed E-state index contributed by atoms with van der Waals surface area (Å²) in [5.41, 5.74) is 0.611. The van der Waals surface area contributed by atoms with Crippen molar-refractivity contribution >= 4 is 5.91 Å². The molecule has 1 unspecified atom stereocenters. The zero-order valence-corrected chi connectivity index (χ0v) is 18.7. The molecular formula is C26H24F2N2O3. The Morgan fingerprint density at radius 3 is 2.48 bits per heavy atom. The summed E-state index contributed by atoms with van der Waals surface area (Å²) in [6, 6.07) is 9.78. The fraction of sp³-hybridized carbons (Fsp3) is 0.231. The fourth-order valence-corrected chi connectivity index (χ4v) is 3.17. The lowest BCUT2D eigenvalue weighted by molar-refractivity contribution is 0.0937. The second-order valence-electron chi connectivity index (χ2n) is 8.31. The van der Waals surface area contributed by atoms with Crippen molar-refractivity contribution in [3.8, 4) is 17.6 Å². The van der Waals surface area contributed by atoms with Crippen molar-refractivity contribution in [1.82, 2.24) is 10.3 Å². The Morgan fingerprint density at radius 1 is 1.09 bits per heavy atom. The van der Waals surface area contributed by atoms with Crippen molar-refractivity contribution in [1.29, 1.82) is 0 Å². The number of benzene rings is 2. The monoisotopic (exact) mass is 450 g/mol. The lowest BCUT2D eigenvalue weighted by Crippen LogP contribution is -2.30. The summed E-state index contributed by atoms with van der Waals surface area (Å²) in [6.45, 7) is 6.37. The average Bonchev–Trinajstić information content (AvgIpc) is 2.73. The van der Waals surface area contributed by atoms with Gasteiger partial charge in [-0.25, -0.2) is 13.8 Å². The van der Waals surface area contributed by atoms with Gasteiger partial charge in [-0.15, -0.1) is 0 Å². The van der Waals surface area contributed by atoms with E-state index in [2.05, 4.69) is 22.1 Å². The maximum absolute atomic E-state index is 14.3. The smallest absolute Gasteiger partial charge is 0.270 e. The predicted octanol–water partition coefficient (Wildman–Crippen LogP) is 4.32. The van der Waals surface area contributed by atoms with Crippen molar-refractivity contribution in [3.05, 3.63) is 93.8 Å². The SMILES string of the molecule is Cc1cc(C#CC(C)(C)O)cc(C(=O)NC(c2ccc(C)c(F)c2)c2cc(F)ccc2O)n1. The van der Waals surface area contributed by atoms with Crippen LogP contribution >= 0.6 is 0 Å². The highest BCUT2D eigenvalue weighted by Gasteiger charge is 2.23. The molecule has 0 aliphatic carbocycles. The van der Waals surface area contributed by atoms with Crippen LogP contribution in [0.25, 0.3) is 0 Å². The summed E-state index contributed by atoms with van der Waals surface area (Å²) in [6.07, 6.45) is 0.